The molecule has 3 aliphatic heterocycles. The molecule has 6 atom stereocenters. The van der Waals surface area contributed by atoms with Crippen molar-refractivity contribution in [2.24, 2.45) is 41.5 Å². The normalized spacial score (nSPS) is 64.3. The average Bonchev–Trinajstić information content (AvgIpc) is 3.04. The van der Waals surface area contributed by atoms with Crippen molar-refractivity contribution < 1.29 is 4.21 Å². The van der Waals surface area contributed by atoms with Crippen molar-refractivity contribution in [2.45, 2.75) is 12.1 Å². The Kier molecular flexibility index (Phi) is 1.04. The number of aromatic nitrogens is 3. The minimum absolute atomic E-state index is 0.115. The van der Waals surface area contributed by atoms with Crippen molar-refractivity contribution in [3.05, 3.63) is 21.0 Å². The van der Waals surface area contributed by atoms with E-state index < -0.39 is 10.8 Å². The van der Waals surface area contributed by atoms with Gasteiger partial charge in [0.25, 0.3) is 0 Å². The van der Waals surface area contributed by atoms with Crippen LogP contribution in [-0.2, 0) is 17.8 Å². The maximum atomic E-state index is 12.5. The van der Waals surface area contributed by atoms with E-state index in [1.807, 2.05) is 0 Å². The fourth-order valence-electron chi connectivity index (χ4n) is 7.69. The second-order valence-corrected chi connectivity index (χ2v) is 9.18. The molecule has 8 rings (SSSR count). The Morgan fingerprint density at radius 2 is 1.50 bits per heavy atom. The number of nitrogens with zero attached hydrogens (tertiary/aromatic N) is 3. The molecule has 1 aromatic heterocycles. The highest BCUT2D eigenvalue weighted by Crippen LogP contribution is 3.03. The Labute approximate surface area is 115 Å². The standard InChI is InChI=1S/C13H13N3O3S/c1-14-10(17)15-8-5-4-6(5)9(16(15)11(14)18)13-3-20(19)2-12(8,13)7(4)13/h4-9H,2-3H2,1H3. The van der Waals surface area contributed by atoms with Gasteiger partial charge in [-0.1, -0.05) is 0 Å². The van der Waals surface area contributed by atoms with Gasteiger partial charge in [0.1, 0.15) is 0 Å². The summed E-state index contributed by atoms with van der Waals surface area (Å²) in [6, 6.07) is 0.334. The molecule has 2 spiro atoms. The lowest BCUT2D eigenvalue weighted by atomic mass is 9.73. The van der Waals surface area contributed by atoms with Crippen molar-refractivity contribution >= 4 is 10.8 Å². The predicted molar refractivity (Wildman–Crippen MR) is 68.7 cm³/mol. The Balaban J connectivity index is 1.69. The van der Waals surface area contributed by atoms with Gasteiger partial charge in [-0.15, -0.1) is 0 Å². The SMILES string of the molecule is Cn1c(=O)n2n(c1=O)C1C3C4C3C3C5(CS(=O)CC135)C42. The molecule has 0 radical (unpaired) electrons. The van der Waals surface area contributed by atoms with Gasteiger partial charge in [-0.2, -0.15) is 0 Å². The summed E-state index contributed by atoms with van der Waals surface area (Å²) in [5.41, 5.74) is -0.0984. The summed E-state index contributed by atoms with van der Waals surface area (Å²) in [5.74, 6) is 4.12. The van der Waals surface area contributed by atoms with Crippen LogP contribution >= 0.6 is 0 Å². The van der Waals surface area contributed by atoms with E-state index in [4.69, 9.17) is 0 Å². The second-order valence-electron chi connectivity index (χ2n) is 7.72. The lowest BCUT2D eigenvalue weighted by Gasteiger charge is -2.45. The lowest BCUT2D eigenvalue weighted by molar-refractivity contribution is 0.0280. The fraction of sp³-hybridized carbons (Fsp3) is 0.846. The highest BCUT2D eigenvalue weighted by molar-refractivity contribution is 7.85. The first kappa shape index (κ1) is 9.76. The fourth-order valence-corrected chi connectivity index (χ4v) is 10.1. The number of hydrogen-bond acceptors (Lipinski definition) is 3. The van der Waals surface area contributed by atoms with E-state index in [0.717, 1.165) is 17.4 Å². The quantitative estimate of drug-likeness (QED) is 0.597. The summed E-state index contributed by atoms with van der Waals surface area (Å²) < 4.78 is 17.0. The van der Waals surface area contributed by atoms with Gasteiger partial charge >= 0.3 is 11.4 Å². The third-order valence-corrected chi connectivity index (χ3v) is 9.38. The van der Waals surface area contributed by atoms with Gasteiger partial charge in [0.2, 0.25) is 0 Å². The summed E-state index contributed by atoms with van der Waals surface area (Å²) >= 11 is 0. The van der Waals surface area contributed by atoms with Gasteiger partial charge in [0.05, 0.1) is 12.1 Å². The third kappa shape index (κ3) is 0.528. The van der Waals surface area contributed by atoms with Crippen molar-refractivity contribution in [2.75, 3.05) is 11.5 Å². The zero-order valence-electron chi connectivity index (χ0n) is 10.9. The first-order chi connectivity index (χ1) is 9.57. The third-order valence-electron chi connectivity index (χ3n) is 7.78. The van der Waals surface area contributed by atoms with E-state index >= 15 is 0 Å². The highest BCUT2D eigenvalue weighted by atomic mass is 32.2. The van der Waals surface area contributed by atoms with Crippen molar-refractivity contribution in [3.63, 3.8) is 0 Å². The monoisotopic (exact) mass is 291 g/mol. The minimum atomic E-state index is -0.752. The van der Waals surface area contributed by atoms with Crippen LogP contribution in [0.25, 0.3) is 0 Å². The molecule has 0 aromatic carbocycles. The number of hydrogen-bond donors (Lipinski definition) is 0. The van der Waals surface area contributed by atoms with E-state index in [9.17, 15) is 13.8 Å². The molecule has 6 unspecified atom stereocenters. The predicted octanol–water partition coefficient (Wildman–Crippen LogP) is -1.30. The van der Waals surface area contributed by atoms with Gasteiger partial charge in [-0.25, -0.2) is 23.5 Å². The molecule has 4 saturated carbocycles. The number of rotatable bonds is 0. The maximum Gasteiger partial charge on any atom is 0.347 e. The maximum absolute atomic E-state index is 12.5. The van der Waals surface area contributed by atoms with Crippen LogP contribution in [0.4, 0.5) is 0 Å². The van der Waals surface area contributed by atoms with E-state index in [-0.39, 0.29) is 34.3 Å². The largest absolute Gasteiger partial charge is 0.347 e. The van der Waals surface area contributed by atoms with Crippen LogP contribution < -0.4 is 11.4 Å². The first-order valence-electron chi connectivity index (χ1n) is 7.32. The molecule has 4 heterocycles. The Bertz CT molecular complexity index is 843. The molecule has 0 amide bonds. The van der Waals surface area contributed by atoms with Crippen LogP contribution in [-0.4, -0.2) is 29.6 Å². The van der Waals surface area contributed by atoms with E-state index in [0.29, 0.717) is 17.8 Å². The molecule has 1 aromatic rings. The van der Waals surface area contributed by atoms with Crippen molar-refractivity contribution in [3.8, 4) is 0 Å². The molecule has 20 heavy (non-hydrogen) atoms. The molecular formula is C13H13N3O3S. The second kappa shape index (κ2) is 2.14. The van der Waals surface area contributed by atoms with E-state index in [1.54, 1.807) is 16.4 Å². The van der Waals surface area contributed by atoms with Crippen LogP contribution in [0.5, 0.6) is 0 Å². The van der Waals surface area contributed by atoms with Gasteiger partial charge in [0, 0.05) is 40.2 Å². The molecule has 7 aliphatic rings. The smallest absolute Gasteiger partial charge is 0.260 e. The Morgan fingerprint density at radius 3 is 2.00 bits per heavy atom. The molecule has 5 fully saturated rings. The summed E-state index contributed by atoms with van der Waals surface area (Å²) in [6.45, 7) is 0. The lowest BCUT2D eigenvalue weighted by Crippen LogP contribution is -2.52. The summed E-state index contributed by atoms with van der Waals surface area (Å²) in [4.78, 5) is 24.9. The summed E-state index contributed by atoms with van der Waals surface area (Å²) in [5, 5.41) is 0. The van der Waals surface area contributed by atoms with Gasteiger partial charge < -0.3 is 0 Å². The van der Waals surface area contributed by atoms with Crippen LogP contribution in [0.3, 0.4) is 0 Å². The highest BCUT2D eigenvalue weighted by Gasteiger charge is 3.04. The van der Waals surface area contributed by atoms with Gasteiger partial charge in [-0.05, 0) is 23.7 Å². The zero-order chi connectivity index (χ0) is 13.3. The first-order valence-corrected chi connectivity index (χ1v) is 8.81. The van der Waals surface area contributed by atoms with Crippen LogP contribution in [0, 0.1) is 34.5 Å². The average molecular weight is 291 g/mol. The summed E-state index contributed by atoms with van der Waals surface area (Å²) in [6.07, 6.45) is 0. The van der Waals surface area contributed by atoms with Crippen molar-refractivity contribution in [1.29, 1.82) is 0 Å². The molecule has 104 valence electrons. The Hall–Kier alpha value is -1.11. The molecular weight excluding hydrogens is 278 g/mol. The molecule has 6 nitrogen and oxygen atoms in total. The minimum Gasteiger partial charge on any atom is -0.260 e. The Morgan fingerprint density at radius 1 is 1.00 bits per heavy atom. The molecule has 4 aliphatic carbocycles. The van der Waals surface area contributed by atoms with Gasteiger partial charge in [-0.3, -0.25) is 4.21 Å². The topological polar surface area (TPSA) is 66.0 Å². The van der Waals surface area contributed by atoms with E-state index in [1.165, 1.54) is 4.57 Å². The molecule has 1 saturated heterocycles. The van der Waals surface area contributed by atoms with Crippen LogP contribution in [0.15, 0.2) is 9.59 Å². The molecule has 7 heteroatoms. The van der Waals surface area contributed by atoms with Crippen LogP contribution in [0.2, 0.25) is 0 Å². The zero-order valence-corrected chi connectivity index (χ0v) is 11.7. The summed E-state index contributed by atoms with van der Waals surface area (Å²) in [7, 11) is 0.827. The van der Waals surface area contributed by atoms with Gasteiger partial charge in [0.15, 0.2) is 0 Å². The van der Waals surface area contributed by atoms with E-state index in [2.05, 4.69) is 0 Å². The molecule has 0 N–H and O–H groups in total. The molecule has 2 bridgehead atoms. The van der Waals surface area contributed by atoms with Crippen molar-refractivity contribution in [1.82, 2.24) is 13.9 Å². The van der Waals surface area contributed by atoms with Crippen LogP contribution in [0.1, 0.15) is 12.1 Å².